The second-order valence-electron chi connectivity index (χ2n) is 5.67. The Bertz CT molecular complexity index is 496. The molecule has 0 aliphatic carbocycles. The molecular weight excluding hydrogens is 455 g/mol. The lowest BCUT2D eigenvalue weighted by atomic mass is 10.2. The molecule has 8 heteroatoms. The van der Waals surface area contributed by atoms with E-state index in [1.807, 2.05) is 13.0 Å². The van der Waals surface area contributed by atoms with Crippen LogP contribution in [-0.2, 0) is 16.0 Å². The number of pyridine rings is 1. The van der Waals surface area contributed by atoms with Gasteiger partial charge in [0.25, 0.3) is 0 Å². The van der Waals surface area contributed by atoms with E-state index in [0.29, 0.717) is 24.4 Å². The Morgan fingerprint density at radius 3 is 3.00 bits per heavy atom. The molecule has 1 aliphatic heterocycles. The fraction of sp³-hybridized carbons (Fsp3) is 0.647. The number of ether oxygens (including phenoxy) is 2. The van der Waals surface area contributed by atoms with E-state index >= 15 is 0 Å². The van der Waals surface area contributed by atoms with Crippen molar-refractivity contribution in [3.63, 3.8) is 0 Å². The quantitative estimate of drug-likeness (QED) is 0.186. The Labute approximate surface area is 172 Å². The van der Waals surface area contributed by atoms with E-state index in [1.165, 1.54) is 0 Å². The van der Waals surface area contributed by atoms with Gasteiger partial charge in [-0.1, -0.05) is 17.7 Å². The minimum Gasteiger partial charge on any atom is -0.379 e. The highest BCUT2D eigenvalue weighted by Gasteiger charge is 2.14. The molecule has 0 aromatic carbocycles. The van der Waals surface area contributed by atoms with Crippen molar-refractivity contribution in [3.05, 3.63) is 29.0 Å². The van der Waals surface area contributed by atoms with Crippen LogP contribution >= 0.6 is 35.6 Å². The van der Waals surface area contributed by atoms with E-state index in [9.17, 15) is 0 Å². The Hall–Kier alpha value is -0.640. The van der Waals surface area contributed by atoms with E-state index in [1.54, 1.807) is 12.3 Å². The van der Waals surface area contributed by atoms with Gasteiger partial charge in [-0.25, -0.2) is 9.98 Å². The van der Waals surface area contributed by atoms with Crippen molar-refractivity contribution in [1.82, 2.24) is 15.6 Å². The molecule has 1 unspecified atom stereocenters. The zero-order valence-electron chi connectivity index (χ0n) is 14.7. The first-order valence-corrected chi connectivity index (χ1v) is 8.97. The second kappa shape index (κ2) is 13.5. The normalized spacial score (nSPS) is 17.2. The summed E-state index contributed by atoms with van der Waals surface area (Å²) in [6.07, 6.45) is 5.24. The molecule has 1 fully saturated rings. The highest BCUT2D eigenvalue weighted by atomic mass is 127. The standard InChI is InChI=1S/C17H27ClN4O2.HI/c1-2-19-17(22-12-14-6-7-16(18)21-11-14)20-8-4-9-23-13-15-5-3-10-24-15;/h6-7,11,15H,2-5,8-10,12-13H2,1H3,(H2,19,20,22);1H. The van der Waals surface area contributed by atoms with Crippen LogP contribution in [0, 0.1) is 0 Å². The van der Waals surface area contributed by atoms with Crippen molar-refractivity contribution in [2.45, 2.75) is 38.8 Å². The minimum absolute atomic E-state index is 0. The Morgan fingerprint density at radius 1 is 1.44 bits per heavy atom. The number of nitrogens with zero attached hydrogens (tertiary/aromatic N) is 2. The average Bonchev–Trinajstić information content (AvgIpc) is 3.10. The number of hydrogen-bond donors (Lipinski definition) is 2. The highest BCUT2D eigenvalue weighted by molar-refractivity contribution is 14.0. The lowest BCUT2D eigenvalue weighted by Crippen LogP contribution is -2.38. The van der Waals surface area contributed by atoms with Crippen LogP contribution < -0.4 is 10.6 Å². The van der Waals surface area contributed by atoms with E-state index in [0.717, 1.165) is 57.1 Å². The summed E-state index contributed by atoms with van der Waals surface area (Å²) in [5.41, 5.74) is 1.02. The number of aliphatic imine (C=N–C) groups is 1. The van der Waals surface area contributed by atoms with Crippen molar-refractivity contribution in [1.29, 1.82) is 0 Å². The lowest BCUT2D eigenvalue weighted by molar-refractivity contribution is 0.0168. The van der Waals surface area contributed by atoms with Crippen molar-refractivity contribution >= 4 is 41.5 Å². The Balaban J connectivity index is 0.00000312. The van der Waals surface area contributed by atoms with Crippen molar-refractivity contribution in [3.8, 4) is 0 Å². The SMILES string of the molecule is CCNC(=NCc1ccc(Cl)nc1)NCCCOCC1CCCO1.I. The van der Waals surface area contributed by atoms with Crippen LogP contribution in [0.5, 0.6) is 0 Å². The molecule has 2 N–H and O–H groups in total. The van der Waals surface area contributed by atoms with Crippen LogP contribution in [0.3, 0.4) is 0 Å². The van der Waals surface area contributed by atoms with Gasteiger partial charge in [-0.3, -0.25) is 0 Å². The van der Waals surface area contributed by atoms with Gasteiger partial charge in [-0.15, -0.1) is 24.0 Å². The summed E-state index contributed by atoms with van der Waals surface area (Å²) < 4.78 is 11.2. The summed E-state index contributed by atoms with van der Waals surface area (Å²) in [6.45, 7) is 6.56. The summed E-state index contributed by atoms with van der Waals surface area (Å²) in [4.78, 5) is 8.60. The molecule has 1 saturated heterocycles. The molecule has 1 aromatic rings. The number of guanidine groups is 1. The van der Waals surface area contributed by atoms with Crippen LogP contribution in [-0.4, -0.2) is 50.0 Å². The van der Waals surface area contributed by atoms with Crippen molar-refractivity contribution < 1.29 is 9.47 Å². The number of aromatic nitrogens is 1. The van der Waals surface area contributed by atoms with E-state index in [-0.39, 0.29) is 24.0 Å². The highest BCUT2D eigenvalue weighted by Crippen LogP contribution is 2.11. The van der Waals surface area contributed by atoms with Crippen LogP contribution in [0.15, 0.2) is 23.3 Å². The van der Waals surface area contributed by atoms with Crippen LogP contribution in [0.1, 0.15) is 31.7 Å². The number of nitrogens with one attached hydrogen (secondary N) is 2. The summed E-state index contributed by atoms with van der Waals surface area (Å²) in [7, 11) is 0. The van der Waals surface area contributed by atoms with Crippen LogP contribution in [0.4, 0.5) is 0 Å². The predicted octanol–water partition coefficient (Wildman–Crippen LogP) is 2.99. The Kier molecular flexibility index (Phi) is 12.1. The molecule has 1 aliphatic rings. The average molecular weight is 483 g/mol. The lowest BCUT2D eigenvalue weighted by Gasteiger charge is -2.12. The maximum Gasteiger partial charge on any atom is 0.191 e. The molecule has 25 heavy (non-hydrogen) atoms. The molecule has 0 saturated carbocycles. The van der Waals surface area contributed by atoms with E-state index in [4.69, 9.17) is 21.1 Å². The molecule has 2 heterocycles. The topological polar surface area (TPSA) is 67.8 Å². The minimum atomic E-state index is 0. The van der Waals surface area contributed by atoms with Gasteiger partial charge in [-0.2, -0.15) is 0 Å². The molecule has 142 valence electrons. The summed E-state index contributed by atoms with van der Waals surface area (Å²) >= 11 is 5.78. The van der Waals surface area contributed by atoms with Crippen LogP contribution in [0.25, 0.3) is 0 Å². The van der Waals surface area contributed by atoms with Gasteiger partial charge in [0, 0.05) is 32.5 Å². The second-order valence-corrected chi connectivity index (χ2v) is 6.06. The van der Waals surface area contributed by atoms with Gasteiger partial charge in [0.15, 0.2) is 5.96 Å². The van der Waals surface area contributed by atoms with Crippen molar-refractivity contribution in [2.24, 2.45) is 4.99 Å². The largest absolute Gasteiger partial charge is 0.379 e. The van der Waals surface area contributed by atoms with Gasteiger partial charge in [0.05, 0.1) is 19.3 Å². The molecule has 1 aromatic heterocycles. The first-order valence-electron chi connectivity index (χ1n) is 8.60. The van der Waals surface area contributed by atoms with E-state index < -0.39 is 0 Å². The smallest absolute Gasteiger partial charge is 0.191 e. The monoisotopic (exact) mass is 482 g/mol. The molecular formula is C17H28ClIN4O2. The molecule has 6 nitrogen and oxygen atoms in total. The molecule has 0 spiro atoms. The maximum absolute atomic E-state index is 5.78. The third-order valence-electron chi connectivity index (χ3n) is 3.64. The number of halogens is 2. The fourth-order valence-corrected chi connectivity index (χ4v) is 2.50. The summed E-state index contributed by atoms with van der Waals surface area (Å²) in [5.74, 6) is 0.798. The van der Waals surface area contributed by atoms with Gasteiger partial charge in [0.1, 0.15) is 5.15 Å². The maximum atomic E-state index is 5.78. The van der Waals surface area contributed by atoms with Gasteiger partial charge in [0.2, 0.25) is 0 Å². The third kappa shape index (κ3) is 9.58. The van der Waals surface area contributed by atoms with Crippen LogP contribution in [0.2, 0.25) is 5.15 Å². The molecule has 0 amide bonds. The van der Waals surface area contributed by atoms with Gasteiger partial charge >= 0.3 is 0 Å². The van der Waals surface area contributed by atoms with Gasteiger partial charge in [-0.05, 0) is 37.8 Å². The molecule has 2 rings (SSSR count). The third-order valence-corrected chi connectivity index (χ3v) is 3.86. The zero-order valence-corrected chi connectivity index (χ0v) is 17.8. The zero-order chi connectivity index (χ0) is 17.0. The predicted molar refractivity (Wildman–Crippen MR) is 112 cm³/mol. The molecule has 0 bridgehead atoms. The van der Waals surface area contributed by atoms with Crippen molar-refractivity contribution in [2.75, 3.05) is 32.9 Å². The summed E-state index contributed by atoms with van der Waals surface area (Å²) in [6, 6.07) is 3.71. The van der Waals surface area contributed by atoms with Gasteiger partial charge < -0.3 is 20.1 Å². The number of hydrogen-bond acceptors (Lipinski definition) is 4. The van der Waals surface area contributed by atoms with E-state index in [2.05, 4.69) is 20.6 Å². The fourth-order valence-electron chi connectivity index (χ4n) is 2.38. The number of rotatable bonds is 9. The first kappa shape index (κ1) is 22.4. The first-order chi connectivity index (χ1) is 11.8. The molecule has 0 radical (unpaired) electrons. The summed E-state index contributed by atoms with van der Waals surface area (Å²) in [5, 5.41) is 7.04. The molecule has 1 atom stereocenters. The Morgan fingerprint density at radius 2 is 2.32 bits per heavy atom.